The minimum absolute atomic E-state index is 0.0362. The largest absolute Gasteiger partial charge is 0.426 e. The number of rotatable bonds is 4. The molecule has 0 N–H and O–H groups in total. The summed E-state index contributed by atoms with van der Waals surface area (Å²) in [7, 11) is 0. The van der Waals surface area contributed by atoms with E-state index in [1.807, 2.05) is 17.5 Å². The number of thiophene rings is 1. The number of carbonyl (C=O) groups is 2. The summed E-state index contributed by atoms with van der Waals surface area (Å²) in [5, 5.41) is 5.76. The average molecular weight is 397 g/mol. The monoisotopic (exact) mass is 397 g/mol. The number of ether oxygens (including phenoxy) is 1. The zero-order valence-corrected chi connectivity index (χ0v) is 16.1. The molecule has 1 fully saturated rings. The van der Waals surface area contributed by atoms with Crippen molar-refractivity contribution < 1.29 is 18.8 Å². The number of piperidine rings is 1. The van der Waals surface area contributed by atoms with Crippen molar-refractivity contribution >= 4 is 23.2 Å². The van der Waals surface area contributed by atoms with E-state index in [2.05, 4.69) is 10.1 Å². The molecule has 0 spiro atoms. The molecule has 0 radical (unpaired) electrons. The molecule has 0 saturated carbocycles. The van der Waals surface area contributed by atoms with Crippen molar-refractivity contribution in [2.75, 3.05) is 13.1 Å². The molecule has 4 rings (SSSR count). The van der Waals surface area contributed by atoms with Crippen LogP contribution in [0.5, 0.6) is 5.75 Å². The summed E-state index contributed by atoms with van der Waals surface area (Å²) < 4.78 is 10.5. The van der Waals surface area contributed by atoms with Crippen LogP contribution < -0.4 is 4.74 Å². The fourth-order valence-electron chi connectivity index (χ4n) is 3.16. The number of benzene rings is 1. The number of nitrogens with zero attached hydrogens (tertiary/aromatic N) is 3. The fourth-order valence-corrected chi connectivity index (χ4v) is 3.85. The van der Waals surface area contributed by atoms with Gasteiger partial charge in [0.1, 0.15) is 5.75 Å². The lowest BCUT2D eigenvalue weighted by atomic mass is 9.97. The van der Waals surface area contributed by atoms with Gasteiger partial charge in [-0.15, -0.1) is 11.3 Å². The highest BCUT2D eigenvalue weighted by atomic mass is 32.1. The number of carbonyl (C=O) groups excluding carboxylic acids is 2. The number of aromatic nitrogens is 2. The molecule has 1 saturated heterocycles. The maximum absolute atomic E-state index is 12.5. The molecule has 1 aliphatic rings. The molecule has 28 heavy (non-hydrogen) atoms. The number of likely N-dealkylation sites (tertiary alicyclic amines) is 1. The quantitative estimate of drug-likeness (QED) is 0.494. The zero-order chi connectivity index (χ0) is 19.5. The molecular weight excluding hydrogens is 378 g/mol. The Morgan fingerprint density at radius 2 is 1.93 bits per heavy atom. The minimum atomic E-state index is -0.258. The molecule has 0 aliphatic carbocycles. The van der Waals surface area contributed by atoms with Crippen LogP contribution in [-0.4, -0.2) is 40.0 Å². The van der Waals surface area contributed by atoms with Gasteiger partial charge in [0.25, 0.3) is 5.91 Å². The van der Waals surface area contributed by atoms with E-state index in [4.69, 9.17) is 9.26 Å². The maximum atomic E-state index is 12.5. The van der Waals surface area contributed by atoms with Gasteiger partial charge >= 0.3 is 5.97 Å². The van der Waals surface area contributed by atoms with Crippen LogP contribution in [0.3, 0.4) is 0 Å². The summed E-state index contributed by atoms with van der Waals surface area (Å²) in [4.78, 5) is 31.6. The van der Waals surface area contributed by atoms with Crippen molar-refractivity contribution in [1.29, 1.82) is 0 Å². The second kappa shape index (κ2) is 7.93. The summed E-state index contributed by atoms with van der Waals surface area (Å²) >= 11 is 1.44. The second-order valence-corrected chi connectivity index (χ2v) is 7.57. The molecule has 1 aromatic carbocycles. The zero-order valence-electron chi connectivity index (χ0n) is 15.3. The molecule has 0 unspecified atom stereocenters. The smallest absolute Gasteiger partial charge is 0.314 e. The van der Waals surface area contributed by atoms with Crippen LogP contribution in [0.15, 0.2) is 46.3 Å². The molecule has 144 valence electrons. The van der Waals surface area contributed by atoms with Crippen LogP contribution >= 0.6 is 11.3 Å². The predicted octanol–water partition coefficient (Wildman–Crippen LogP) is 3.56. The van der Waals surface area contributed by atoms with Crippen LogP contribution in [0.1, 0.15) is 28.4 Å². The summed E-state index contributed by atoms with van der Waals surface area (Å²) in [6.45, 7) is 2.85. The third-order valence-corrected chi connectivity index (χ3v) is 5.56. The number of hydrogen-bond acceptors (Lipinski definition) is 7. The Morgan fingerprint density at radius 1 is 1.18 bits per heavy atom. The first kappa shape index (κ1) is 18.4. The Bertz CT molecular complexity index is 958. The Kier molecular flexibility index (Phi) is 5.21. The topological polar surface area (TPSA) is 85.5 Å². The van der Waals surface area contributed by atoms with E-state index in [1.54, 1.807) is 36.1 Å². The molecule has 3 heterocycles. The van der Waals surface area contributed by atoms with Crippen LogP contribution in [0.4, 0.5) is 0 Å². The Hall–Kier alpha value is -3.00. The number of hydrogen-bond donors (Lipinski definition) is 0. The lowest BCUT2D eigenvalue weighted by molar-refractivity contribution is -0.140. The summed E-state index contributed by atoms with van der Waals surface area (Å²) in [6.07, 6.45) is 1.21. The standard InChI is InChI=1S/C20H19N3O4S/c1-13-21-18(22-27-13)14-4-6-16(7-5-14)26-20(25)15-8-10-23(11-9-15)19(24)17-3-2-12-28-17/h2-7,12,15H,8-11H2,1H3. The first-order valence-electron chi connectivity index (χ1n) is 9.05. The van der Waals surface area contributed by atoms with E-state index in [-0.39, 0.29) is 17.8 Å². The van der Waals surface area contributed by atoms with Crippen molar-refractivity contribution in [3.63, 3.8) is 0 Å². The summed E-state index contributed by atoms with van der Waals surface area (Å²) in [6, 6.07) is 10.7. The molecule has 1 amide bonds. The molecule has 0 bridgehead atoms. The highest BCUT2D eigenvalue weighted by Crippen LogP contribution is 2.24. The first-order chi connectivity index (χ1) is 13.6. The van der Waals surface area contributed by atoms with Crippen molar-refractivity contribution in [1.82, 2.24) is 15.0 Å². The Balaban J connectivity index is 1.31. The summed E-state index contributed by atoms with van der Waals surface area (Å²) in [5.74, 6) is 1.05. The minimum Gasteiger partial charge on any atom is -0.426 e. The SMILES string of the molecule is Cc1nc(-c2ccc(OC(=O)C3CCN(C(=O)c4cccs4)CC3)cc2)no1. The van der Waals surface area contributed by atoms with Crippen LogP contribution in [0, 0.1) is 12.8 Å². The van der Waals surface area contributed by atoms with Gasteiger partial charge in [-0.3, -0.25) is 9.59 Å². The highest BCUT2D eigenvalue weighted by Gasteiger charge is 2.29. The van der Waals surface area contributed by atoms with E-state index in [9.17, 15) is 9.59 Å². The van der Waals surface area contributed by atoms with Gasteiger partial charge in [-0.05, 0) is 48.6 Å². The van der Waals surface area contributed by atoms with Gasteiger partial charge in [-0.2, -0.15) is 4.98 Å². The average Bonchev–Trinajstić information content (AvgIpc) is 3.40. The molecule has 0 atom stereocenters. The van der Waals surface area contributed by atoms with Crippen LogP contribution in [-0.2, 0) is 4.79 Å². The van der Waals surface area contributed by atoms with Gasteiger partial charge < -0.3 is 14.2 Å². The molecule has 7 nitrogen and oxygen atoms in total. The molecule has 8 heteroatoms. The van der Waals surface area contributed by atoms with Gasteiger partial charge in [0.15, 0.2) is 0 Å². The van der Waals surface area contributed by atoms with Crippen molar-refractivity contribution in [3.8, 4) is 17.1 Å². The van der Waals surface area contributed by atoms with Crippen molar-refractivity contribution in [3.05, 3.63) is 52.5 Å². The second-order valence-electron chi connectivity index (χ2n) is 6.63. The third kappa shape index (κ3) is 3.96. The first-order valence-corrected chi connectivity index (χ1v) is 9.93. The van der Waals surface area contributed by atoms with Gasteiger partial charge in [-0.1, -0.05) is 11.2 Å². The summed E-state index contributed by atoms with van der Waals surface area (Å²) in [5.41, 5.74) is 0.789. The fraction of sp³-hybridized carbons (Fsp3) is 0.300. The lowest BCUT2D eigenvalue weighted by Crippen LogP contribution is -2.40. The van der Waals surface area contributed by atoms with E-state index in [1.165, 1.54) is 11.3 Å². The van der Waals surface area contributed by atoms with Gasteiger partial charge in [0.2, 0.25) is 11.7 Å². The van der Waals surface area contributed by atoms with Crippen molar-refractivity contribution in [2.45, 2.75) is 19.8 Å². The molecule has 3 aromatic rings. The van der Waals surface area contributed by atoms with Crippen LogP contribution in [0.25, 0.3) is 11.4 Å². The molecule has 1 aliphatic heterocycles. The van der Waals surface area contributed by atoms with Crippen molar-refractivity contribution in [2.24, 2.45) is 5.92 Å². The highest BCUT2D eigenvalue weighted by molar-refractivity contribution is 7.12. The molecule has 2 aromatic heterocycles. The Labute approximate surface area is 165 Å². The lowest BCUT2D eigenvalue weighted by Gasteiger charge is -2.30. The van der Waals surface area contributed by atoms with E-state index < -0.39 is 0 Å². The van der Waals surface area contributed by atoms with E-state index in [0.29, 0.717) is 43.4 Å². The van der Waals surface area contributed by atoms with Gasteiger partial charge in [0, 0.05) is 25.6 Å². The maximum Gasteiger partial charge on any atom is 0.314 e. The van der Waals surface area contributed by atoms with Crippen LogP contribution in [0.2, 0.25) is 0 Å². The number of aryl methyl sites for hydroxylation is 1. The Morgan fingerprint density at radius 3 is 2.54 bits per heavy atom. The predicted molar refractivity (Wildman–Crippen MR) is 103 cm³/mol. The van der Waals surface area contributed by atoms with E-state index in [0.717, 1.165) is 10.4 Å². The third-order valence-electron chi connectivity index (χ3n) is 4.71. The number of amides is 1. The number of esters is 1. The van der Waals surface area contributed by atoms with Gasteiger partial charge in [-0.25, -0.2) is 0 Å². The van der Waals surface area contributed by atoms with Gasteiger partial charge in [0.05, 0.1) is 10.8 Å². The molecular formula is C20H19N3O4S. The normalized spacial score (nSPS) is 14.8. The van der Waals surface area contributed by atoms with E-state index >= 15 is 0 Å².